The molecule has 2 aliphatic rings. The van der Waals surface area contributed by atoms with Gasteiger partial charge in [0.2, 0.25) is 11.6 Å². The van der Waals surface area contributed by atoms with E-state index >= 15 is 0 Å². The lowest BCUT2D eigenvalue weighted by Gasteiger charge is -2.34. The van der Waals surface area contributed by atoms with Gasteiger partial charge in [0.1, 0.15) is 25.0 Å². The summed E-state index contributed by atoms with van der Waals surface area (Å²) in [6.07, 6.45) is 2.81. The van der Waals surface area contributed by atoms with E-state index in [1.54, 1.807) is 18.7 Å². The Morgan fingerprint density at radius 1 is 1.24 bits per heavy atom. The molecule has 114 valence electrons. The van der Waals surface area contributed by atoms with Crippen LogP contribution in [0.15, 0.2) is 16.0 Å². The molecule has 1 fully saturated rings. The van der Waals surface area contributed by atoms with Crippen molar-refractivity contribution in [1.82, 2.24) is 15.0 Å². The van der Waals surface area contributed by atoms with E-state index in [9.17, 15) is 4.79 Å². The Labute approximate surface area is 122 Å². The van der Waals surface area contributed by atoms with Gasteiger partial charge in [-0.2, -0.15) is 4.98 Å². The number of nitrogens with zero attached hydrogens (tertiary/aromatic N) is 3. The van der Waals surface area contributed by atoms with Crippen LogP contribution in [-0.2, 0) is 14.3 Å². The van der Waals surface area contributed by atoms with Crippen molar-refractivity contribution in [1.29, 1.82) is 0 Å². The number of ether oxygens (including phenoxy) is 2. The second kappa shape index (κ2) is 5.75. The summed E-state index contributed by atoms with van der Waals surface area (Å²) in [6.45, 7) is 5.06. The van der Waals surface area contributed by atoms with E-state index in [1.165, 1.54) is 0 Å². The summed E-state index contributed by atoms with van der Waals surface area (Å²) in [4.78, 5) is 18.8. The molecule has 1 aromatic rings. The second-order valence-corrected chi connectivity index (χ2v) is 5.27. The van der Waals surface area contributed by atoms with Crippen LogP contribution >= 0.6 is 0 Å². The first-order valence-corrected chi connectivity index (χ1v) is 7.24. The fourth-order valence-corrected chi connectivity index (χ4v) is 2.73. The third-order valence-electron chi connectivity index (χ3n) is 3.75. The zero-order valence-corrected chi connectivity index (χ0v) is 12.3. The molecular weight excluding hydrogens is 274 g/mol. The van der Waals surface area contributed by atoms with Crippen LogP contribution in [0, 0.1) is 6.92 Å². The maximum Gasteiger partial charge on any atom is 0.293 e. The third kappa shape index (κ3) is 2.72. The Bertz CT molecular complexity index is 566. The number of allylic oxidation sites excluding steroid dienone is 1. The summed E-state index contributed by atoms with van der Waals surface area (Å²) >= 11 is 0. The van der Waals surface area contributed by atoms with Gasteiger partial charge in [-0.05, 0) is 33.1 Å². The van der Waals surface area contributed by atoms with Crippen LogP contribution in [0.4, 0.5) is 0 Å². The number of aromatic nitrogens is 2. The maximum atomic E-state index is 12.7. The van der Waals surface area contributed by atoms with E-state index in [1.807, 2.05) is 0 Å². The Morgan fingerprint density at radius 3 is 2.76 bits per heavy atom. The number of hydrogen-bond acceptors (Lipinski definition) is 6. The van der Waals surface area contributed by atoms with E-state index in [0.717, 1.165) is 19.3 Å². The summed E-state index contributed by atoms with van der Waals surface area (Å²) in [7, 11) is 0. The molecular formula is C14H19N3O4. The summed E-state index contributed by atoms with van der Waals surface area (Å²) in [5.41, 5.74) is 0. The highest BCUT2D eigenvalue weighted by Gasteiger charge is 2.35. The van der Waals surface area contributed by atoms with Crippen LogP contribution in [0.5, 0.6) is 0 Å². The van der Waals surface area contributed by atoms with Crippen molar-refractivity contribution < 1.29 is 18.8 Å². The molecule has 3 heterocycles. The van der Waals surface area contributed by atoms with Gasteiger partial charge in [-0.25, -0.2) is 0 Å². The van der Waals surface area contributed by atoms with Gasteiger partial charge >= 0.3 is 0 Å². The minimum Gasteiger partial charge on any atom is -0.491 e. The molecule has 21 heavy (non-hydrogen) atoms. The van der Waals surface area contributed by atoms with Crippen molar-refractivity contribution in [3.63, 3.8) is 0 Å². The number of piperidine rings is 1. The average Bonchev–Trinajstić information content (AvgIpc) is 2.93. The SMILES string of the molecule is CC1=C(C(=O)N2CCCCC2c2nc(C)no2)OCCO1. The van der Waals surface area contributed by atoms with Gasteiger partial charge in [0, 0.05) is 6.54 Å². The fourth-order valence-electron chi connectivity index (χ4n) is 2.73. The fraction of sp³-hybridized carbons (Fsp3) is 0.643. The maximum absolute atomic E-state index is 12.7. The molecule has 2 aliphatic heterocycles. The predicted octanol–water partition coefficient (Wildman–Crippen LogP) is 1.71. The molecule has 1 unspecified atom stereocenters. The lowest BCUT2D eigenvalue weighted by molar-refractivity contribution is -0.137. The number of rotatable bonds is 2. The molecule has 0 aromatic carbocycles. The Balaban J connectivity index is 1.85. The summed E-state index contributed by atoms with van der Waals surface area (Å²) < 4.78 is 16.1. The monoisotopic (exact) mass is 293 g/mol. The second-order valence-electron chi connectivity index (χ2n) is 5.27. The van der Waals surface area contributed by atoms with Crippen LogP contribution in [-0.4, -0.2) is 40.7 Å². The van der Waals surface area contributed by atoms with Gasteiger partial charge in [-0.1, -0.05) is 5.16 Å². The topological polar surface area (TPSA) is 77.7 Å². The van der Waals surface area contributed by atoms with Crippen molar-refractivity contribution >= 4 is 5.91 Å². The summed E-state index contributed by atoms with van der Waals surface area (Å²) in [5, 5.41) is 3.82. The van der Waals surface area contributed by atoms with Crippen molar-refractivity contribution in [2.24, 2.45) is 0 Å². The number of carbonyl (C=O) groups is 1. The van der Waals surface area contributed by atoms with Crippen molar-refractivity contribution in [2.75, 3.05) is 19.8 Å². The first-order chi connectivity index (χ1) is 10.2. The number of amides is 1. The van der Waals surface area contributed by atoms with E-state index in [4.69, 9.17) is 14.0 Å². The lowest BCUT2D eigenvalue weighted by Crippen LogP contribution is -2.41. The van der Waals surface area contributed by atoms with Crippen molar-refractivity contribution in [3.8, 4) is 0 Å². The minimum atomic E-state index is -0.182. The van der Waals surface area contributed by atoms with Crippen LogP contribution in [0.2, 0.25) is 0 Å². The van der Waals surface area contributed by atoms with Gasteiger partial charge in [-0.15, -0.1) is 0 Å². The predicted molar refractivity (Wildman–Crippen MR) is 71.9 cm³/mol. The molecule has 3 rings (SSSR count). The minimum absolute atomic E-state index is 0.159. The number of likely N-dealkylation sites (tertiary alicyclic amines) is 1. The number of hydrogen-bond donors (Lipinski definition) is 0. The smallest absolute Gasteiger partial charge is 0.293 e. The quantitative estimate of drug-likeness (QED) is 0.826. The van der Waals surface area contributed by atoms with Gasteiger partial charge < -0.3 is 18.9 Å². The molecule has 0 saturated carbocycles. The number of aryl methyl sites for hydroxylation is 1. The molecule has 0 aliphatic carbocycles. The highest BCUT2D eigenvalue weighted by molar-refractivity contribution is 5.92. The van der Waals surface area contributed by atoms with Crippen LogP contribution in [0.25, 0.3) is 0 Å². The Hall–Kier alpha value is -2.05. The molecule has 1 atom stereocenters. The lowest BCUT2D eigenvalue weighted by atomic mass is 10.0. The third-order valence-corrected chi connectivity index (χ3v) is 3.75. The van der Waals surface area contributed by atoms with E-state index in [2.05, 4.69) is 10.1 Å². The highest BCUT2D eigenvalue weighted by Crippen LogP contribution is 2.32. The molecule has 1 aromatic heterocycles. The Morgan fingerprint density at radius 2 is 2.05 bits per heavy atom. The number of carbonyl (C=O) groups excluding carboxylic acids is 1. The summed E-state index contributed by atoms with van der Waals surface area (Å²) in [6, 6.07) is -0.182. The van der Waals surface area contributed by atoms with E-state index in [0.29, 0.717) is 43.0 Å². The van der Waals surface area contributed by atoms with E-state index < -0.39 is 0 Å². The molecule has 0 bridgehead atoms. The largest absolute Gasteiger partial charge is 0.491 e. The van der Waals surface area contributed by atoms with Crippen molar-refractivity contribution in [2.45, 2.75) is 39.2 Å². The van der Waals surface area contributed by atoms with Crippen LogP contribution in [0.1, 0.15) is 43.9 Å². The highest BCUT2D eigenvalue weighted by atomic mass is 16.6. The molecule has 1 saturated heterocycles. The van der Waals surface area contributed by atoms with Crippen molar-refractivity contribution in [3.05, 3.63) is 23.2 Å². The molecule has 0 radical (unpaired) electrons. The van der Waals surface area contributed by atoms with Gasteiger partial charge in [0.05, 0.1) is 0 Å². The first kappa shape index (κ1) is 13.9. The summed E-state index contributed by atoms with van der Waals surface area (Å²) in [5.74, 6) is 1.75. The average molecular weight is 293 g/mol. The zero-order chi connectivity index (χ0) is 14.8. The van der Waals surface area contributed by atoms with Gasteiger partial charge in [0.25, 0.3) is 5.91 Å². The first-order valence-electron chi connectivity index (χ1n) is 7.24. The molecule has 7 heteroatoms. The standard InChI is InChI=1S/C14H19N3O4/c1-9-12(20-8-7-19-9)14(18)17-6-4-3-5-11(17)13-15-10(2)16-21-13/h11H,3-8H2,1-2H3. The van der Waals surface area contributed by atoms with Gasteiger partial charge in [-0.3, -0.25) is 4.79 Å². The molecule has 7 nitrogen and oxygen atoms in total. The molecule has 0 N–H and O–H groups in total. The molecule has 1 amide bonds. The molecule has 0 spiro atoms. The van der Waals surface area contributed by atoms with E-state index in [-0.39, 0.29) is 11.9 Å². The normalized spacial score (nSPS) is 22.8. The van der Waals surface area contributed by atoms with Crippen LogP contribution in [0.3, 0.4) is 0 Å². The van der Waals surface area contributed by atoms with Gasteiger partial charge in [0.15, 0.2) is 5.82 Å². The Kier molecular flexibility index (Phi) is 3.81. The van der Waals surface area contributed by atoms with Crippen LogP contribution < -0.4 is 0 Å². The zero-order valence-electron chi connectivity index (χ0n) is 12.3.